The van der Waals surface area contributed by atoms with Crippen molar-refractivity contribution in [2.24, 2.45) is 0 Å². The number of aliphatic hydroxyl groups excluding tert-OH is 2. The third-order valence-electron chi connectivity index (χ3n) is 6.34. The maximum atomic E-state index is 12.2. The first-order valence-corrected chi connectivity index (χ1v) is 15.1. The number of H-pyrrole nitrogens is 1. The summed E-state index contributed by atoms with van der Waals surface area (Å²) in [5.41, 5.74) is 4.57. The number of benzene rings is 4. The number of oxazole rings is 2. The Hall–Kier alpha value is -5.00. The lowest BCUT2D eigenvalue weighted by Crippen LogP contribution is -2.16. The van der Waals surface area contributed by atoms with E-state index >= 15 is 0 Å². The number of ether oxygens (including phenoxy) is 2. The van der Waals surface area contributed by atoms with Gasteiger partial charge in [0.25, 0.3) is 0 Å². The van der Waals surface area contributed by atoms with Crippen LogP contribution in [-0.4, -0.2) is 51.0 Å². The van der Waals surface area contributed by atoms with Crippen molar-refractivity contribution < 1.29 is 54.9 Å². The Balaban J connectivity index is 0.000000201. The van der Waals surface area contributed by atoms with Gasteiger partial charge in [0.15, 0.2) is 11.2 Å². The van der Waals surface area contributed by atoms with Crippen molar-refractivity contribution in [1.82, 2.24) is 9.55 Å². The van der Waals surface area contributed by atoms with Crippen molar-refractivity contribution in [3.8, 4) is 33.8 Å². The molecule has 17 heteroatoms. The minimum atomic E-state index is -4.74. The average Bonchev–Trinajstić information content (AvgIpc) is 3.57. The highest BCUT2D eigenvalue weighted by Gasteiger charge is 2.31. The highest BCUT2D eigenvalue weighted by molar-refractivity contribution is 9.09. The van der Waals surface area contributed by atoms with Crippen molar-refractivity contribution >= 4 is 38.1 Å². The summed E-state index contributed by atoms with van der Waals surface area (Å²) in [6.07, 6.45) is -9.45. The predicted octanol–water partition coefficient (Wildman–Crippen LogP) is 7.21. The number of halogens is 7. The van der Waals surface area contributed by atoms with Crippen LogP contribution in [0.1, 0.15) is 0 Å². The van der Waals surface area contributed by atoms with Crippen molar-refractivity contribution in [1.29, 1.82) is 0 Å². The van der Waals surface area contributed by atoms with Crippen LogP contribution >= 0.6 is 15.9 Å². The second kappa shape index (κ2) is 15.9. The summed E-state index contributed by atoms with van der Waals surface area (Å²) >= 11 is 3.00. The van der Waals surface area contributed by atoms with Crippen LogP contribution in [0.5, 0.6) is 11.5 Å². The van der Waals surface area contributed by atoms with Crippen LogP contribution in [0.25, 0.3) is 44.5 Å². The third kappa shape index (κ3) is 10.5. The zero-order valence-electron chi connectivity index (χ0n) is 24.8. The number of hydrogen-bond donors (Lipinski definition) is 3. The number of aromatic nitrogens is 2. The minimum Gasteiger partial charge on any atom is -0.408 e. The Morgan fingerprint density at radius 2 is 1.14 bits per heavy atom. The maximum Gasteiger partial charge on any atom is 0.573 e. The smallest absolute Gasteiger partial charge is 0.408 e. The SMILES string of the molecule is O=c1[nH]c2cc(-c3ccc(OC(F)(F)F)cc3)ccc2o1.O=c1oc2ccc(-c3ccc(OC(F)(F)F)cc3)cc2n1CCO.OCCBr. The van der Waals surface area contributed by atoms with E-state index in [1.54, 1.807) is 36.4 Å². The summed E-state index contributed by atoms with van der Waals surface area (Å²) in [5.74, 6) is -1.74. The predicted molar refractivity (Wildman–Crippen MR) is 170 cm³/mol. The molecular formula is C32H25BrF6N2O8. The van der Waals surface area contributed by atoms with Gasteiger partial charge in [0.1, 0.15) is 11.5 Å². The monoisotopic (exact) mass is 758 g/mol. The molecule has 4 aromatic carbocycles. The molecule has 0 radical (unpaired) electrons. The standard InChI is InChI=1S/C16H12F3NO4.C14H8F3NO3.C2H5BrO/c17-16(18,19)24-12-4-1-10(2-5-12)11-3-6-14-13(9-11)20(7-8-21)15(22)23-14;15-14(16,17)21-10-4-1-8(2-5-10)9-3-6-12-11(7-9)18-13(19)20-12;3-1-2-4/h1-6,9,21H,7-8H2;1-7H,(H,18,19);4H,1-2H2. The maximum absolute atomic E-state index is 12.2. The van der Waals surface area contributed by atoms with Gasteiger partial charge in [-0.3, -0.25) is 9.55 Å². The van der Waals surface area contributed by atoms with E-state index in [0.29, 0.717) is 44.2 Å². The van der Waals surface area contributed by atoms with Crippen LogP contribution in [0.3, 0.4) is 0 Å². The summed E-state index contributed by atoms with van der Waals surface area (Å²) in [4.78, 5) is 25.3. The number of nitrogens with one attached hydrogen (secondary N) is 1. The van der Waals surface area contributed by atoms with Gasteiger partial charge in [0.05, 0.1) is 30.8 Å². The molecule has 0 aliphatic rings. The lowest BCUT2D eigenvalue weighted by atomic mass is 10.1. The second-order valence-electron chi connectivity index (χ2n) is 9.71. The highest BCUT2D eigenvalue weighted by atomic mass is 79.9. The van der Waals surface area contributed by atoms with E-state index in [1.807, 2.05) is 0 Å². The molecule has 2 heterocycles. The minimum absolute atomic E-state index is 0.0909. The Morgan fingerprint density at radius 1 is 0.673 bits per heavy atom. The van der Waals surface area contributed by atoms with E-state index in [1.165, 1.54) is 53.1 Å². The molecule has 10 nitrogen and oxygen atoms in total. The number of rotatable bonds is 7. The van der Waals surface area contributed by atoms with Gasteiger partial charge in [-0.25, -0.2) is 9.59 Å². The zero-order valence-corrected chi connectivity index (χ0v) is 26.4. The molecule has 0 aliphatic carbocycles. The molecule has 0 bridgehead atoms. The topological polar surface area (TPSA) is 140 Å². The molecule has 0 atom stereocenters. The quantitative estimate of drug-likeness (QED) is 0.115. The molecule has 0 saturated carbocycles. The van der Waals surface area contributed by atoms with E-state index in [4.69, 9.17) is 19.0 Å². The van der Waals surface area contributed by atoms with Crippen LogP contribution in [0.15, 0.2) is 103 Å². The molecule has 3 N–H and O–H groups in total. The van der Waals surface area contributed by atoms with Gasteiger partial charge >= 0.3 is 24.2 Å². The van der Waals surface area contributed by atoms with Gasteiger partial charge in [-0.15, -0.1) is 26.3 Å². The van der Waals surface area contributed by atoms with E-state index in [0.717, 1.165) is 5.56 Å². The summed E-state index contributed by atoms with van der Waals surface area (Å²) in [7, 11) is 0. The molecule has 0 unspecified atom stereocenters. The van der Waals surface area contributed by atoms with Crippen molar-refractivity contribution in [3.05, 3.63) is 106 Å². The van der Waals surface area contributed by atoms with Gasteiger partial charge < -0.3 is 28.5 Å². The summed E-state index contributed by atoms with van der Waals surface area (Å²) < 4.78 is 91.6. The van der Waals surface area contributed by atoms with Crippen molar-refractivity contribution in [2.75, 3.05) is 18.5 Å². The second-order valence-corrected chi connectivity index (χ2v) is 10.5. The van der Waals surface area contributed by atoms with Crippen LogP contribution in [0.4, 0.5) is 26.3 Å². The van der Waals surface area contributed by atoms with Gasteiger partial charge in [-0.1, -0.05) is 52.3 Å². The van der Waals surface area contributed by atoms with Gasteiger partial charge in [0, 0.05) is 5.33 Å². The number of fused-ring (bicyclic) bond motifs is 2. The van der Waals surface area contributed by atoms with Gasteiger partial charge in [-0.2, -0.15) is 0 Å². The zero-order chi connectivity index (χ0) is 35.8. The lowest BCUT2D eigenvalue weighted by molar-refractivity contribution is -0.275. The van der Waals surface area contributed by atoms with Crippen LogP contribution in [-0.2, 0) is 6.54 Å². The number of nitrogens with zero attached hydrogens (tertiary/aromatic N) is 1. The van der Waals surface area contributed by atoms with E-state index in [2.05, 4.69) is 30.4 Å². The molecule has 6 rings (SSSR count). The van der Waals surface area contributed by atoms with Gasteiger partial charge in [0.2, 0.25) is 0 Å². The van der Waals surface area contributed by atoms with Crippen molar-refractivity contribution in [3.63, 3.8) is 0 Å². The Bertz CT molecular complexity index is 2080. The number of aliphatic hydroxyl groups is 2. The van der Waals surface area contributed by atoms with E-state index in [9.17, 15) is 35.9 Å². The first-order chi connectivity index (χ1) is 23.2. The summed E-state index contributed by atoms with van der Waals surface area (Å²) in [5, 5.41) is 17.5. The normalized spacial score (nSPS) is 11.4. The molecule has 49 heavy (non-hydrogen) atoms. The number of hydrogen-bond acceptors (Lipinski definition) is 8. The highest BCUT2D eigenvalue weighted by Crippen LogP contribution is 2.29. The largest absolute Gasteiger partial charge is 0.573 e. The molecule has 260 valence electrons. The molecule has 0 saturated heterocycles. The molecule has 6 aromatic rings. The Morgan fingerprint density at radius 3 is 1.61 bits per heavy atom. The number of aromatic amines is 1. The molecule has 0 fully saturated rings. The fraction of sp³-hybridized carbons (Fsp3) is 0.188. The lowest BCUT2D eigenvalue weighted by Gasteiger charge is -2.09. The molecule has 0 aliphatic heterocycles. The molecule has 2 aromatic heterocycles. The molecule has 0 spiro atoms. The fourth-order valence-corrected chi connectivity index (χ4v) is 4.38. The van der Waals surface area contributed by atoms with Gasteiger partial charge in [-0.05, 0) is 70.8 Å². The van der Waals surface area contributed by atoms with Crippen molar-refractivity contribution in [2.45, 2.75) is 19.3 Å². The molecule has 0 amide bonds. The molecular weight excluding hydrogens is 734 g/mol. The van der Waals surface area contributed by atoms with E-state index in [-0.39, 0.29) is 31.3 Å². The first-order valence-electron chi connectivity index (χ1n) is 14.0. The average molecular weight is 759 g/mol. The summed E-state index contributed by atoms with van der Waals surface area (Å²) in [6, 6.07) is 20.8. The number of alkyl halides is 7. The third-order valence-corrected chi connectivity index (χ3v) is 6.69. The fourth-order valence-electron chi connectivity index (χ4n) is 4.38. The summed E-state index contributed by atoms with van der Waals surface area (Å²) in [6.45, 7) is 0.107. The van der Waals surface area contributed by atoms with Crippen LogP contribution < -0.4 is 21.0 Å². The Kier molecular flexibility index (Phi) is 12.0. The van der Waals surface area contributed by atoms with E-state index < -0.39 is 24.2 Å². The van der Waals surface area contributed by atoms with Crippen LogP contribution in [0, 0.1) is 0 Å². The van der Waals surface area contributed by atoms with Crippen LogP contribution in [0.2, 0.25) is 0 Å². The first kappa shape index (κ1) is 36.8. The Labute approximate surface area is 279 Å².